The number of hydrogen-bond acceptors (Lipinski definition) is 2. The van der Waals surface area contributed by atoms with Gasteiger partial charge in [-0.25, -0.2) is 0 Å². The zero-order chi connectivity index (χ0) is 15.1. The Morgan fingerprint density at radius 1 is 1.19 bits per heavy atom. The lowest BCUT2D eigenvalue weighted by Crippen LogP contribution is -2.63. The van der Waals surface area contributed by atoms with Crippen LogP contribution in [0.25, 0.3) is 0 Å². The molecule has 1 aliphatic heterocycles. The molecule has 1 aliphatic carbocycles. The van der Waals surface area contributed by atoms with Crippen molar-refractivity contribution < 1.29 is 9.59 Å². The summed E-state index contributed by atoms with van der Waals surface area (Å²) in [5.41, 5.74) is 1.99. The second-order valence-electron chi connectivity index (χ2n) is 6.42. The number of nitrogens with one attached hydrogen (secondary N) is 1. The van der Waals surface area contributed by atoms with Gasteiger partial charge in [0.2, 0.25) is 5.91 Å². The van der Waals surface area contributed by atoms with Crippen molar-refractivity contribution in [3.8, 4) is 0 Å². The van der Waals surface area contributed by atoms with E-state index in [1.165, 1.54) is 0 Å². The van der Waals surface area contributed by atoms with Gasteiger partial charge in [-0.3, -0.25) is 14.5 Å². The third kappa shape index (κ3) is 2.43. The lowest BCUT2D eigenvalue weighted by Gasteiger charge is -2.38. The number of nitrogens with zero attached hydrogens (tertiary/aromatic N) is 1. The van der Waals surface area contributed by atoms with Crippen molar-refractivity contribution in [1.29, 1.82) is 0 Å². The van der Waals surface area contributed by atoms with E-state index >= 15 is 0 Å². The number of para-hydroxylation sites is 1. The van der Waals surface area contributed by atoms with Crippen molar-refractivity contribution in [3.05, 3.63) is 29.8 Å². The fourth-order valence-electron chi connectivity index (χ4n) is 3.07. The third-order valence-electron chi connectivity index (χ3n) is 4.48. The van der Waals surface area contributed by atoms with Crippen molar-refractivity contribution in [2.75, 3.05) is 4.90 Å². The number of benzene rings is 1. The van der Waals surface area contributed by atoms with Gasteiger partial charge in [-0.15, -0.1) is 0 Å². The highest BCUT2D eigenvalue weighted by Gasteiger charge is 2.46. The molecule has 21 heavy (non-hydrogen) atoms. The minimum atomic E-state index is -0.451. The molecule has 2 atom stereocenters. The largest absolute Gasteiger partial charge is 0.342 e. The summed E-state index contributed by atoms with van der Waals surface area (Å²) in [6.45, 7) is 6.01. The first-order chi connectivity index (χ1) is 10.0. The van der Waals surface area contributed by atoms with E-state index in [2.05, 4.69) is 19.2 Å². The number of amides is 2. The molecule has 112 valence electrons. The molecule has 1 aromatic rings. The third-order valence-corrected chi connectivity index (χ3v) is 4.48. The normalized spacial score (nSPS) is 26.2. The van der Waals surface area contributed by atoms with E-state index in [4.69, 9.17) is 0 Å². The van der Waals surface area contributed by atoms with E-state index in [1.54, 1.807) is 11.8 Å². The fraction of sp³-hybridized carbons (Fsp3) is 0.529. The second-order valence-corrected chi connectivity index (χ2v) is 6.42. The van der Waals surface area contributed by atoms with Gasteiger partial charge >= 0.3 is 0 Å². The van der Waals surface area contributed by atoms with Crippen LogP contribution in [-0.2, 0) is 9.59 Å². The van der Waals surface area contributed by atoms with Gasteiger partial charge in [-0.2, -0.15) is 0 Å². The second kappa shape index (κ2) is 5.17. The average Bonchev–Trinajstić information content (AvgIpc) is 3.28. The van der Waals surface area contributed by atoms with Gasteiger partial charge in [0.05, 0.1) is 0 Å². The van der Waals surface area contributed by atoms with Crippen molar-refractivity contribution in [3.63, 3.8) is 0 Å². The van der Waals surface area contributed by atoms with E-state index in [0.717, 1.165) is 24.1 Å². The first-order valence-corrected chi connectivity index (χ1v) is 7.73. The number of anilines is 1. The Balaban J connectivity index is 2.02. The Bertz CT molecular complexity index is 578. The van der Waals surface area contributed by atoms with Gasteiger partial charge in [-0.1, -0.05) is 32.0 Å². The summed E-state index contributed by atoms with van der Waals surface area (Å²) in [6.07, 6.45) is 2.06. The van der Waals surface area contributed by atoms with Crippen LogP contribution in [-0.4, -0.2) is 23.9 Å². The highest BCUT2D eigenvalue weighted by Crippen LogP contribution is 2.37. The average molecular weight is 286 g/mol. The molecule has 1 N–H and O–H groups in total. The molecule has 2 aliphatic rings. The van der Waals surface area contributed by atoms with E-state index in [0.29, 0.717) is 11.8 Å². The maximum atomic E-state index is 12.8. The van der Waals surface area contributed by atoms with E-state index in [9.17, 15) is 9.59 Å². The van der Waals surface area contributed by atoms with Crippen LogP contribution in [0.4, 0.5) is 5.69 Å². The number of carbonyl (C=O) groups is 2. The zero-order valence-corrected chi connectivity index (χ0v) is 12.8. The summed E-state index contributed by atoms with van der Waals surface area (Å²) < 4.78 is 0. The van der Waals surface area contributed by atoms with Crippen molar-refractivity contribution in [2.45, 2.75) is 51.6 Å². The van der Waals surface area contributed by atoms with Gasteiger partial charge in [0.1, 0.15) is 12.1 Å². The molecule has 0 aromatic heterocycles. The molecule has 0 spiro atoms. The van der Waals surface area contributed by atoms with Gasteiger partial charge < -0.3 is 5.32 Å². The smallest absolute Gasteiger partial charge is 0.250 e. The Labute approximate surface area is 125 Å². The summed E-state index contributed by atoms with van der Waals surface area (Å²) in [6, 6.07) is 7.11. The van der Waals surface area contributed by atoms with Crippen LogP contribution in [0.15, 0.2) is 24.3 Å². The van der Waals surface area contributed by atoms with Crippen molar-refractivity contribution in [1.82, 2.24) is 5.32 Å². The highest BCUT2D eigenvalue weighted by molar-refractivity contribution is 6.08. The molecule has 2 unspecified atom stereocenters. The van der Waals surface area contributed by atoms with Gasteiger partial charge in [-0.05, 0) is 43.2 Å². The lowest BCUT2D eigenvalue weighted by molar-refractivity contribution is -0.134. The predicted molar refractivity (Wildman–Crippen MR) is 82.1 cm³/mol. The fourth-order valence-corrected chi connectivity index (χ4v) is 3.07. The standard InChI is InChI=1S/C17H22N2O2/c1-10(2)13-6-4-5-7-14(13)19-11(3)16(20)18-15(17(19)21)12-8-9-12/h4-7,10-12,15H,8-9H2,1-3H3,(H,18,20). The van der Waals surface area contributed by atoms with Crippen LogP contribution in [0.1, 0.15) is 45.1 Å². The van der Waals surface area contributed by atoms with Crippen LogP contribution in [0, 0.1) is 5.92 Å². The molecule has 0 bridgehead atoms. The summed E-state index contributed by atoms with van der Waals surface area (Å²) in [7, 11) is 0. The minimum absolute atomic E-state index is 0.0395. The molecule has 1 heterocycles. The van der Waals surface area contributed by atoms with Gasteiger partial charge in [0.25, 0.3) is 5.91 Å². The number of rotatable bonds is 3. The summed E-state index contributed by atoms with van der Waals surface area (Å²) in [5, 5.41) is 2.90. The topological polar surface area (TPSA) is 49.4 Å². The molecular weight excluding hydrogens is 264 g/mol. The SMILES string of the molecule is CC(C)c1ccccc1N1C(=O)C(C2CC2)NC(=O)C1C. The van der Waals surface area contributed by atoms with E-state index in [1.807, 2.05) is 24.3 Å². The number of carbonyl (C=O) groups excluding carboxylic acids is 2. The first-order valence-electron chi connectivity index (χ1n) is 7.73. The minimum Gasteiger partial charge on any atom is -0.342 e. The molecule has 2 fully saturated rings. The van der Waals surface area contributed by atoms with Crippen LogP contribution >= 0.6 is 0 Å². The molecule has 1 saturated carbocycles. The molecule has 1 aromatic carbocycles. The molecule has 2 amide bonds. The molecule has 3 rings (SSSR count). The summed E-state index contributed by atoms with van der Waals surface area (Å²) in [4.78, 5) is 26.8. The maximum absolute atomic E-state index is 12.8. The Kier molecular flexibility index (Phi) is 3.47. The molecular formula is C17H22N2O2. The molecule has 0 radical (unpaired) electrons. The monoisotopic (exact) mass is 286 g/mol. The Morgan fingerprint density at radius 3 is 2.48 bits per heavy atom. The number of hydrogen-bond donors (Lipinski definition) is 1. The zero-order valence-electron chi connectivity index (χ0n) is 12.8. The predicted octanol–water partition coefficient (Wildman–Crippen LogP) is 2.44. The summed E-state index contributed by atoms with van der Waals surface area (Å²) >= 11 is 0. The van der Waals surface area contributed by atoms with E-state index in [-0.39, 0.29) is 17.9 Å². The molecule has 4 nitrogen and oxygen atoms in total. The van der Waals surface area contributed by atoms with Crippen LogP contribution in [0.2, 0.25) is 0 Å². The Morgan fingerprint density at radius 2 is 1.86 bits per heavy atom. The first kappa shape index (κ1) is 14.1. The van der Waals surface area contributed by atoms with Gasteiger partial charge in [0.15, 0.2) is 0 Å². The van der Waals surface area contributed by atoms with E-state index < -0.39 is 6.04 Å². The van der Waals surface area contributed by atoms with Crippen LogP contribution < -0.4 is 10.2 Å². The van der Waals surface area contributed by atoms with Crippen molar-refractivity contribution in [2.24, 2.45) is 5.92 Å². The quantitative estimate of drug-likeness (QED) is 0.928. The Hall–Kier alpha value is -1.84. The number of piperazine rings is 1. The van der Waals surface area contributed by atoms with Crippen LogP contribution in [0.3, 0.4) is 0 Å². The highest BCUT2D eigenvalue weighted by atomic mass is 16.2. The van der Waals surface area contributed by atoms with Gasteiger partial charge in [0, 0.05) is 5.69 Å². The summed E-state index contributed by atoms with van der Waals surface area (Å²) in [5.74, 6) is 0.621. The maximum Gasteiger partial charge on any atom is 0.250 e. The lowest BCUT2D eigenvalue weighted by atomic mass is 9.97. The van der Waals surface area contributed by atoms with Crippen molar-refractivity contribution >= 4 is 17.5 Å². The van der Waals surface area contributed by atoms with Crippen LogP contribution in [0.5, 0.6) is 0 Å². The molecule has 1 saturated heterocycles. The molecule has 4 heteroatoms.